The molecule has 0 unspecified atom stereocenters. The molecule has 170 valence electrons. The van der Waals surface area contributed by atoms with Gasteiger partial charge in [-0.25, -0.2) is 4.98 Å². The Hall–Kier alpha value is -3.17. The molecule has 9 heteroatoms. The van der Waals surface area contributed by atoms with E-state index < -0.39 is 0 Å². The predicted octanol–water partition coefficient (Wildman–Crippen LogP) is 5.19. The van der Waals surface area contributed by atoms with E-state index in [1.807, 2.05) is 24.3 Å². The molecule has 0 aliphatic rings. The van der Waals surface area contributed by atoms with Crippen molar-refractivity contribution in [2.75, 3.05) is 32.6 Å². The number of benzene rings is 2. The Labute approximate surface area is 192 Å². The number of rotatable bonds is 11. The third kappa shape index (κ3) is 5.54. The van der Waals surface area contributed by atoms with Gasteiger partial charge in [0.2, 0.25) is 0 Å². The van der Waals surface area contributed by atoms with Crippen molar-refractivity contribution >= 4 is 22.2 Å². The highest BCUT2D eigenvalue weighted by molar-refractivity contribution is 7.16. The molecule has 1 heterocycles. The van der Waals surface area contributed by atoms with Crippen LogP contribution in [0.5, 0.6) is 11.5 Å². The molecule has 0 aliphatic heterocycles. The zero-order valence-electron chi connectivity index (χ0n) is 18.8. The molecule has 0 saturated carbocycles. The van der Waals surface area contributed by atoms with Gasteiger partial charge in [0, 0.05) is 35.7 Å². The second-order valence-electron chi connectivity index (χ2n) is 7.10. The average Bonchev–Trinajstić information content (AvgIpc) is 3.23. The molecule has 0 bridgehead atoms. The summed E-state index contributed by atoms with van der Waals surface area (Å²) in [6.45, 7) is 7.36. The van der Waals surface area contributed by atoms with Gasteiger partial charge in [0.15, 0.2) is 16.6 Å². The summed E-state index contributed by atoms with van der Waals surface area (Å²) in [5.41, 5.74) is 2.61. The fourth-order valence-corrected chi connectivity index (χ4v) is 4.37. The number of hydrogen-bond donors (Lipinski definition) is 1. The van der Waals surface area contributed by atoms with Crippen molar-refractivity contribution in [1.29, 1.82) is 0 Å². The normalized spacial score (nSPS) is 10.9. The summed E-state index contributed by atoms with van der Waals surface area (Å²) in [5.74, 6) is 1.35. The van der Waals surface area contributed by atoms with E-state index in [2.05, 4.69) is 24.1 Å². The fourth-order valence-electron chi connectivity index (χ4n) is 3.35. The standard InChI is InChI=1S/C23H28N4O4S/c1-5-26(6-2)15-21-22(17-8-7-9-18(13-17)27(28)29)25-23(32-21)24-14-16-10-11-19(30-3)20(12-16)31-4/h7-13H,5-6,14-15H2,1-4H3,(H,24,25). The summed E-state index contributed by atoms with van der Waals surface area (Å²) in [7, 11) is 3.22. The van der Waals surface area contributed by atoms with Crippen molar-refractivity contribution in [3.8, 4) is 22.8 Å². The lowest BCUT2D eigenvalue weighted by molar-refractivity contribution is -0.384. The first-order valence-corrected chi connectivity index (χ1v) is 11.2. The predicted molar refractivity (Wildman–Crippen MR) is 128 cm³/mol. The molecule has 0 amide bonds. The number of aromatic nitrogens is 1. The van der Waals surface area contributed by atoms with Crippen molar-refractivity contribution in [3.05, 3.63) is 63.0 Å². The minimum atomic E-state index is -0.379. The van der Waals surface area contributed by atoms with Crippen molar-refractivity contribution in [1.82, 2.24) is 9.88 Å². The van der Waals surface area contributed by atoms with Crippen molar-refractivity contribution in [2.24, 2.45) is 0 Å². The van der Waals surface area contributed by atoms with E-state index >= 15 is 0 Å². The van der Waals surface area contributed by atoms with Crippen LogP contribution in [0.3, 0.4) is 0 Å². The first kappa shape index (κ1) is 23.5. The highest BCUT2D eigenvalue weighted by atomic mass is 32.1. The molecule has 0 radical (unpaired) electrons. The number of nitrogens with zero attached hydrogens (tertiary/aromatic N) is 3. The molecule has 8 nitrogen and oxygen atoms in total. The number of non-ortho nitro benzene ring substituents is 1. The Morgan fingerprint density at radius 2 is 1.84 bits per heavy atom. The summed E-state index contributed by atoms with van der Waals surface area (Å²) in [4.78, 5) is 19.0. The van der Waals surface area contributed by atoms with Gasteiger partial charge in [-0.15, -0.1) is 11.3 Å². The lowest BCUT2D eigenvalue weighted by Crippen LogP contribution is -2.21. The number of anilines is 1. The molecule has 1 aromatic heterocycles. The monoisotopic (exact) mass is 456 g/mol. The number of nitrogens with one attached hydrogen (secondary N) is 1. The molecular weight excluding hydrogens is 428 g/mol. The zero-order chi connectivity index (χ0) is 23.1. The molecule has 2 aromatic carbocycles. The SMILES string of the molecule is CCN(CC)Cc1sc(NCc2ccc(OC)c(OC)c2)nc1-c1cccc([N+](=O)[O-])c1. The van der Waals surface area contributed by atoms with E-state index in [9.17, 15) is 10.1 Å². The van der Waals surface area contributed by atoms with Gasteiger partial charge in [-0.1, -0.05) is 32.0 Å². The summed E-state index contributed by atoms with van der Waals surface area (Å²) in [5, 5.41) is 15.4. The smallest absolute Gasteiger partial charge is 0.270 e. The summed E-state index contributed by atoms with van der Waals surface area (Å²) < 4.78 is 10.7. The van der Waals surface area contributed by atoms with Crippen LogP contribution in [0.25, 0.3) is 11.3 Å². The van der Waals surface area contributed by atoms with Gasteiger partial charge in [-0.05, 0) is 30.8 Å². The molecule has 0 aliphatic carbocycles. The molecular formula is C23H28N4O4S. The molecule has 32 heavy (non-hydrogen) atoms. The summed E-state index contributed by atoms with van der Waals surface area (Å²) >= 11 is 1.57. The van der Waals surface area contributed by atoms with Gasteiger partial charge in [-0.3, -0.25) is 15.0 Å². The van der Waals surface area contributed by atoms with Crippen molar-refractivity contribution < 1.29 is 14.4 Å². The maximum absolute atomic E-state index is 11.3. The maximum Gasteiger partial charge on any atom is 0.270 e. The van der Waals surface area contributed by atoms with Crippen LogP contribution in [0.1, 0.15) is 24.3 Å². The number of nitro benzene ring substituents is 1. The van der Waals surface area contributed by atoms with Crippen LogP contribution in [-0.4, -0.2) is 42.1 Å². The van der Waals surface area contributed by atoms with Gasteiger partial charge in [0.25, 0.3) is 5.69 Å². The molecule has 0 spiro atoms. The molecule has 0 saturated heterocycles. The highest BCUT2D eigenvalue weighted by Crippen LogP contribution is 2.34. The number of ether oxygens (including phenoxy) is 2. The summed E-state index contributed by atoms with van der Waals surface area (Å²) in [6, 6.07) is 12.4. The van der Waals surface area contributed by atoms with Crippen LogP contribution in [-0.2, 0) is 13.1 Å². The molecule has 3 aromatic rings. The largest absolute Gasteiger partial charge is 0.493 e. The molecule has 0 fully saturated rings. The first-order valence-electron chi connectivity index (χ1n) is 10.4. The Balaban J connectivity index is 1.88. The van der Waals surface area contributed by atoms with Gasteiger partial charge in [0.05, 0.1) is 24.8 Å². The molecule has 0 atom stereocenters. The van der Waals surface area contributed by atoms with Gasteiger partial charge in [-0.2, -0.15) is 0 Å². The summed E-state index contributed by atoms with van der Waals surface area (Å²) in [6.07, 6.45) is 0. The van der Waals surface area contributed by atoms with Crippen LogP contribution in [0.4, 0.5) is 10.8 Å². The quantitative estimate of drug-likeness (QED) is 0.314. The van der Waals surface area contributed by atoms with E-state index in [4.69, 9.17) is 14.5 Å². The Bertz CT molecular complexity index is 1070. The number of methoxy groups -OCH3 is 2. The lowest BCUT2D eigenvalue weighted by atomic mass is 10.1. The topological polar surface area (TPSA) is 89.8 Å². The second-order valence-corrected chi connectivity index (χ2v) is 8.19. The van der Waals surface area contributed by atoms with Crippen LogP contribution in [0, 0.1) is 10.1 Å². The third-order valence-corrected chi connectivity index (χ3v) is 6.18. The fraction of sp³-hybridized carbons (Fsp3) is 0.348. The van der Waals surface area contributed by atoms with Crippen LogP contribution in [0.15, 0.2) is 42.5 Å². The van der Waals surface area contributed by atoms with Crippen LogP contribution < -0.4 is 14.8 Å². The second kappa shape index (κ2) is 10.9. The van der Waals surface area contributed by atoms with Gasteiger partial charge < -0.3 is 14.8 Å². The zero-order valence-corrected chi connectivity index (χ0v) is 19.6. The maximum atomic E-state index is 11.3. The van der Waals surface area contributed by atoms with E-state index in [0.717, 1.165) is 46.5 Å². The van der Waals surface area contributed by atoms with E-state index in [1.165, 1.54) is 6.07 Å². The Kier molecular flexibility index (Phi) is 8.02. The minimum absolute atomic E-state index is 0.0594. The van der Waals surface area contributed by atoms with Crippen molar-refractivity contribution in [2.45, 2.75) is 26.9 Å². The minimum Gasteiger partial charge on any atom is -0.493 e. The Morgan fingerprint density at radius 3 is 2.50 bits per heavy atom. The number of nitro groups is 1. The van der Waals surface area contributed by atoms with Crippen LogP contribution >= 0.6 is 11.3 Å². The van der Waals surface area contributed by atoms with E-state index in [-0.39, 0.29) is 10.6 Å². The van der Waals surface area contributed by atoms with E-state index in [1.54, 1.807) is 37.7 Å². The first-order chi connectivity index (χ1) is 15.5. The van der Waals surface area contributed by atoms with Gasteiger partial charge >= 0.3 is 0 Å². The van der Waals surface area contributed by atoms with Gasteiger partial charge in [0.1, 0.15) is 0 Å². The average molecular weight is 457 g/mol. The Morgan fingerprint density at radius 1 is 1.09 bits per heavy atom. The van der Waals surface area contributed by atoms with Crippen LogP contribution in [0.2, 0.25) is 0 Å². The lowest BCUT2D eigenvalue weighted by Gasteiger charge is -2.17. The third-order valence-electron chi connectivity index (χ3n) is 5.18. The highest BCUT2D eigenvalue weighted by Gasteiger charge is 2.17. The molecule has 1 N–H and O–H groups in total. The molecule has 3 rings (SSSR count). The number of thiazole rings is 1. The van der Waals surface area contributed by atoms with E-state index in [0.29, 0.717) is 18.0 Å². The number of hydrogen-bond acceptors (Lipinski definition) is 8. The van der Waals surface area contributed by atoms with Crippen molar-refractivity contribution in [3.63, 3.8) is 0 Å².